The Kier molecular flexibility index (Phi) is 7.36. The first-order valence-electron chi connectivity index (χ1n) is 18.0. The number of aryl methyl sites for hydroxylation is 1. The van der Waals surface area contributed by atoms with Gasteiger partial charge >= 0.3 is 0 Å². The van der Waals surface area contributed by atoms with Crippen LogP contribution in [0.4, 0.5) is 17.1 Å². The molecule has 10 aromatic rings. The lowest BCUT2D eigenvalue weighted by Crippen LogP contribution is -2.11. The molecule has 1 heterocycles. The second kappa shape index (κ2) is 12.7. The number of nitrogens with zero attached hydrogens (tertiary/aromatic N) is 2. The summed E-state index contributed by atoms with van der Waals surface area (Å²) in [4.78, 5) is 7.52. The Morgan fingerprint density at radius 1 is 0.453 bits per heavy atom. The molecule has 1 aromatic heterocycles. The standard InChI is InChI=1S/C50H34N2O/c1-33-13-8-11-22-46(33)52(39-26-23-36(24-27-39)42-21-12-19-34-16-9-10-20-41(34)42)40-28-29-43-44(35-14-4-2-5-15-35)31-38-25-30-47-49(48(38)45(43)32-40)51-50(53-47)37-17-6-3-7-18-37/h2-32H,1H3. The first kappa shape index (κ1) is 30.8. The van der Waals surface area contributed by atoms with E-state index in [1.54, 1.807) is 0 Å². The molecule has 250 valence electrons. The normalized spacial score (nSPS) is 11.5. The summed E-state index contributed by atoms with van der Waals surface area (Å²) in [5, 5.41) is 7.00. The van der Waals surface area contributed by atoms with Gasteiger partial charge in [0.05, 0.1) is 0 Å². The molecule has 0 aliphatic carbocycles. The van der Waals surface area contributed by atoms with E-state index in [0.717, 1.165) is 49.9 Å². The topological polar surface area (TPSA) is 29.3 Å². The highest BCUT2D eigenvalue weighted by atomic mass is 16.3. The summed E-state index contributed by atoms with van der Waals surface area (Å²) in [7, 11) is 0. The van der Waals surface area contributed by atoms with Crippen molar-refractivity contribution < 1.29 is 4.42 Å². The van der Waals surface area contributed by atoms with Gasteiger partial charge in [0.2, 0.25) is 5.89 Å². The molecule has 53 heavy (non-hydrogen) atoms. The molecule has 0 atom stereocenters. The van der Waals surface area contributed by atoms with Gasteiger partial charge in [-0.25, -0.2) is 4.98 Å². The van der Waals surface area contributed by atoms with E-state index in [2.05, 4.69) is 170 Å². The van der Waals surface area contributed by atoms with Gasteiger partial charge in [-0.2, -0.15) is 0 Å². The van der Waals surface area contributed by atoms with Crippen LogP contribution in [-0.2, 0) is 0 Å². The molecule has 0 saturated carbocycles. The number of fused-ring (bicyclic) bond motifs is 6. The molecule has 10 rings (SSSR count). The number of para-hydroxylation sites is 1. The van der Waals surface area contributed by atoms with Crippen molar-refractivity contribution in [1.82, 2.24) is 4.98 Å². The molecule has 0 N–H and O–H groups in total. The number of anilines is 3. The van der Waals surface area contributed by atoms with Crippen LogP contribution in [0.1, 0.15) is 5.56 Å². The fraction of sp³-hybridized carbons (Fsp3) is 0.0200. The fourth-order valence-electron chi connectivity index (χ4n) is 7.83. The van der Waals surface area contributed by atoms with Crippen LogP contribution in [0.5, 0.6) is 0 Å². The Morgan fingerprint density at radius 2 is 1.13 bits per heavy atom. The smallest absolute Gasteiger partial charge is 0.227 e. The third-order valence-corrected chi connectivity index (χ3v) is 10.4. The first-order chi connectivity index (χ1) is 26.2. The molecule has 0 spiro atoms. The van der Waals surface area contributed by atoms with E-state index in [-0.39, 0.29) is 0 Å². The number of hydrogen-bond acceptors (Lipinski definition) is 3. The summed E-state index contributed by atoms with van der Waals surface area (Å²) in [6, 6.07) is 66.9. The summed E-state index contributed by atoms with van der Waals surface area (Å²) in [6.07, 6.45) is 0. The minimum Gasteiger partial charge on any atom is -0.436 e. The highest BCUT2D eigenvalue weighted by Crippen LogP contribution is 2.44. The number of benzene rings is 9. The van der Waals surface area contributed by atoms with Crippen molar-refractivity contribution in [3.63, 3.8) is 0 Å². The highest BCUT2D eigenvalue weighted by Gasteiger charge is 2.20. The number of oxazole rings is 1. The van der Waals surface area contributed by atoms with Crippen LogP contribution in [0.25, 0.3) is 77.1 Å². The molecule has 0 aliphatic rings. The third-order valence-electron chi connectivity index (χ3n) is 10.4. The summed E-state index contributed by atoms with van der Waals surface area (Å²) in [5.41, 5.74) is 11.9. The highest BCUT2D eigenvalue weighted by molar-refractivity contribution is 6.22. The van der Waals surface area contributed by atoms with Crippen molar-refractivity contribution in [2.24, 2.45) is 0 Å². The van der Waals surface area contributed by atoms with Crippen LogP contribution in [0.3, 0.4) is 0 Å². The Morgan fingerprint density at radius 3 is 1.94 bits per heavy atom. The van der Waals surface area contributed by atoms with E-state index in [4.69, 9.17) is 9.40 Å². The van der Waals surface area contributed by atoms with E-state index in [1.165, 1.54) is 44.0 Å². The zero-order valence-corrected chi connectivity index (χ0v) is 29.2. The molecule has 0 aliphatic heterocycles. The third kappa shape index (κ3) is 5.33. The molecule has 0 radical (unpaired) electrons. The monoisotopic (exact) mass is 678 g/mol. The molecule has 0 amide bonds. The van der Waals surface area contributed by atoms with Crippen molar-refractivity contribution in [3.05, 3.63) is 194 Å². The number of hydrogen-bond donors (Lipinski definition) is 0. The maximum atomic E-state index is 6.41. The molecule has 0 bridgehead atoms. The SMILES string of the molecule is Cc1ccccc1N(c1ccc(-c2cccc3ccccc23)cc1)c1ccc2c(-c3ccccc3)cc3ccc4oc(-c5ccccc5)nc4c3c2c1. The molecular formula is C50H34N2O. The van der Waals surface area contributed by atoms with Crippen LogP contribution in [0.15, 0.2) is 192 Å². The second-order valence-electron chi connectivity index (χ2n) is 13.6. The van der Waals surface area contributed by atoms with E-state index in [1.807, 2.05) is 30.3 Å². The van der Waals surface area contributed by atoms with Gasteiger partial charge in [0.25, 0.3) is 0 Å². The maximum absolute atomic E-state index is 6.41. The Hall–Kier alpha value is -6.97. The molecule has 3 heteroatoms. The molecule has 9 aromatic carbocycles. The van der Waals surface area contributed by atoms with Crippen molar-refractivity contribution in [2.45, 2.75) is 6.92 Å². The van der Waals surface area contributed by atoms with Gasteiger partial charge < -0.3 is 9.32 Å². The van der Waals surface area contributed by atoms with E-state index >= 15 is 0 Å². The van der Waals surface area contributed by atoms with E-state index < -0.39 is 0 Å². The van der Waals surface area contributed by atoms with E-state index in [9.17, 15) is 0 Å². The van der Waals surface area contributed by atoms with Crippen molar-refractivity contribution in [3.8, 4) is 33.7 Å². The van der Waals surface area contributed by atoms with Crippen LogP contribution in [-0.4, -0.2) is 4.98 Å². The van der Waals surface area contributed by atoms with Crippen LogP contribution in [0.2, 0.25) is 0 Å². The van der Waals surface area contributed by atoms with Crippen molar-refractivity contribution >= 4 is 60.5 Å². The lowest BCUT2D eigenvalue weighted by Gasteiger charge is -2.28. The Balaban J connectivity index is 1.21. The predicted octanol–water partition coefficient (Wildman–Crippen LogP) is 14.1. The quantitative estimate of drug-likeness (QED) is 0.164. The average Bonchev–Trinajstić information content (AvgIpc) is 3.67. The zero-order chi connectivity index (χ0) is 35.3. The van der Waals surface area contributed by atoms with Crippen LogP contribution in [0, 0.1) is 6.92 Å². The largest absolute Gasteiger partial charge is 0.436 e. The predicted molar refractivity (Wildman–Crippen MR) is 222 cm³/mol. The van der Waals surface area contributed by atoms with Crippen molar-refractivity contribution in [2.75, 3.05) is 4.90 Å². The molecular weight excluding hydrogens is 645 g/mol. The summed E-state index contributed by atoms with van der Waals surface area (Å²) in [5.74, 6) is 0.623. The summed E-state index contributed by atoms with van der Waals surface area (Å²) in [6.45, 7) is 2.18. The average molecular weight is 679 g/mol. The van der Waals surface area contributed by atoms with Gasteiger partial charge in [-0.05, 0) is 116 Å². The van der Waals surface area contributed by atoms with Gasteiger partial charge in [0, 0.05) is 28.0 Å². The minimum absolute atomic E-state index is 0.623. The molecule has 0 fully saturated rings. The van der Waals surface area contributed by atoms with Gasteiger partial charge in [0.1, 0.15) is 5.52 Å². The van der Waals surface area contributed by atoms with E-state index in [0.29, 0.717) is 5.89 Å². The lowest BCUT2D eigenvalue weighted by molar-refractivity contribution is 0.620. The maximum Gasteiger partial charge on any atom is 0.227 e. The fourth-order valence-corrected chi connectivity index (χ4v) is 7.83. The summed E-state index contributed by atoms with van der Waals surface area (Å²) < 4.78 is 6.41. The lowest BCUT2D eigenvalue weighted by atomic mass is 9.92. The Bertz CT molecular complexity index is 2940. The van der Waals surface area contributed by atoms with Gasteiger partial charge in [-0.1, -0.05) is 133 Å². The number of rotatable bonds is 6. The Labute approximate surface area is 308 Å². The van der Waals surface area contributed by atoms with Gasteiger partial charge in [0.15, 0.2) is 5.58 Å². The number of aromatic nitrogens is 1. The van der Waals surface area contributed by atoms with Crippen LogP contribution >= 0.6 is 0 Å². The zero-order valence-electron chi connectivity index (χ0n) is 29.2. The first-order valence-corrected chi connectivity index (χ1v) is 18.0. The summed E-state index contributed by atoms with van der Waals surface area (Å²) >= 11 is 0. The van der Waals surface area contributed by atoms with Gasteiger partial charge in [-0.15, -0.1) is 0 Å². The molecule has 0 saturated heterocycles. The second-order valence-corrected chi connectivity index (χ2v) is 13.6. The van der Waals surface area contributed by atoms with Crippen LogP contribution < -0.4 is 4.90 Å². The minimum atomic E-state index is 0.623. The molecule has 3 nitrogen and oxygen atoms in total. The van der Waals surface area contributed by atoms with Gasteiger partial charge in [-0.3, -0.25) is 0 Å². The molecule has 0 unspecified atom stereocenters. The van der Waals surface area contributed by atoms with Crippen molar-refractivity contribution in [1.29, 1.82) is 0 Å².